The van der Waals surface area contributed by atoms with Crippen LogP contribution in [-0.4, -0.2) is 37.2 Å². The number of nitrogens with one attached hydrogen (secondary N) is 1. The van der Waals surface area contributed by atoms with Gasteiger partial charge in [-0.1, -0.05) is 18.2 Å². The van der Waals surface area contributed by atoms with Crippen molar-refractivity contribution in [1.29, 1.82) is 0 Å². The molecular formula is C20H18N6O3. The van der Waals surface area contributed by atoms with Gasteiger partial charge < -0.3 is 10.1 Å². The zero-order chi connectivity index (χ0) is 20.4. The van der Waals surface area contributed by atoms with Crippen molar-refractivity contribution in [2.45, 2.75) is 13.5 Å². The highest BCUT2D eigenvalue weighted by Gasteiger charge is 2.15. The molecule has 0 atom stereocenters. The van der Waals surface area contributed by atoms with E-state index < -0.39 is 11.6 Å². The fourth-order valence-electron chi connectivity index (χ4n) is 3.02. The van der Waals surface area contributed by atoms with Gasteiger partial charge >= 0.3 is 5.69 Å². The number of carbonyl (C=O) groups is 1. The number of rotatable bonds is 5. The van der Waals surface area contributed by atoms with Gasteiger partial charge in [-0.2, -0.15) is 0 Å². The fraction of sp³-hybridized carbons (Fsp3) is 0.150. The van der Waals surface area contributed by atoms with Gasteiger partial charge in [-0.05, 0) is 31.2 Å². The maximum atomic E-state index is 12.7. The number of para-hydroxylation sites is 2. The molecule has 1 N–H and O–H groups in total. The van der Waals surface area contributed by atoms with E-state index in [0.717, 1.165) is 4.68 Å². The van der Waals surface area contributed by atoms with E-state index in [0.29, 0.717) is 34.3 Å². The summed E-state index contributed by atoms with van der Waals surface area (Å²) in [5, 5.41) is 7.03. The first kappa shape index (κ1) is 18.4. The van der Waals surface area contributed by atoms with Crippen LogP contribution in [0.15, 0.2) is 59.5 Å². The van der Waals surface area contributed by atoms with E-state index in [9.17, 15) is 9.59 Å². The molecule has 9 nitrogen and oxygen atoms in total. The maximum absolute atomic E-state index is 12.7. The Morgan fingerprint density at radius 2 is 1.93 bits per heavy atom. The zero-order valence-electron chi connectivity index (χ0n) is 15.9. The summed E-state index contributed by atoms with van der Waals surface area (Å²) < 4.78 is 7.69. The molecule has 3 heterocycles. The Morgan fingerprint density at radius 3 is 2.69 bits per heavy atom. The fourth-order valence-corrected chi connectivity index (χ4v) is 3.02. The van der Waals surface area contributed by atoms with Gasteiger partial charge in [-0.15, -0.1) is 5.10 Å². The van der Waals surface area contributed by atoms with Crippen LogP contribution >= 0.6 is 0 Å². The van der Waals surface area contributed by atoms with E-state index in [1.807, 2.05) is 18.2 Å². The van der Waals surface area contributed by atoms with Gasteiger partial charge in [0.1, 0.15) is 18.1 Å². The number of pyridine rings is 1. The second kappa shape index (κ2) is 7.55. The van der Waals surface area contributed by atoms with Gasteiger partial charge in [0.2, 0.25) is 5.91 Å². The van der Waals surface area contributed by atoms with Crippen LogP contribution in [0.25, 0.3) is 17.0 Å². The molecule has 0 fully saturated rings. The van der Waals surface area contributed by atoms with E-state index in [-0.39, 0.29) is 6.54 Å². The average molecular weight is 390 g/mol. The minimum absolute atomic E-state index is 0.239. The molecule has 0 aliphatic carbocycles. The molecule has 0 unspecified atom stereocenters. The lowest BCUT2D eigenvalue weighted by Crippen LogP contribution is -2.29. The molecule has 0 bridgehead atoms. The largest absolute Gasteiger partial charge is 0.495 e. The molecule has 29 heavy (non-hydrogen) atoms. The van der Waals surface area contributed by atoms with Gasteiger partial charge in [0, 0.05) is 12.3 Å². The Hall–Kier alpha value is -4.01. The Balaban J connectivity index is 1.64. The van der Waals surface area contributed by atoms with Crippen LogP contribution in [0, 0.1) is 6.92 Å². The average Bonchev–Trinajstić information content (AvgIpc) is 3.04. The molecule has 1 aromatic carbocycles. The van der Waals surface area contributed by atoms with Crippen molar-refractivity contribution >= 4 is 17.2 Å². The van der Waals surface area contributed by atoms with Crippen molar-refractivity contribution < 1.29 is 9.53 Å². The van der Waals surface area contributed by atoms with Crippen molar-refractivity contribution in [3.05, 3.63) is 71.0 Å². The summed E-state index contributed by atoms with van der Waals surface area (Å²) in [4.78, 5) is 33.9. The number of anilines is 1. The molecule has 4 rings (SSSR count). The number of nitrogens with zero attached hydrogens (tertiary/aromatic N) is 5. The lowest BCUT2D eigenvalue weighted by Gasteiger charge is -2.09. The van der Waals surface area contributed by atoms with Crippen molar-refractivity contribution in [2.75, 3.05) is 12.4 Å². The van der Waals surface area contributed by atoms with Crippen LogP contribution in [-0.2, 0) is 11.3 Å². The van der Waals surface area contributed by atoms with Crippen molar-refractivity contribution in [3.63, 3.8) is 0 Å². The number of hydrogen-bond donors (Lipinski definition) is 1. The van der Waals surface area contributed by atoms with Crippen LogP contribution in [0.3, 0.4) is 0 Å². The molecule has 0 saturated carbocycles. The molecule has 0 saturated heterocycles. The van der Waals surface area contributed by atoms with Crippen LogP contribution in [0.4, 0.5) is 5.69 Å². The monoisotopic (exact) mass is 390 g/mol. The first-order valence-electron chi connectivity index (χ1n) is 8.88. The summed E-state index contributed by atoms with van der Waals surface area (Å²) in [6.07, 6.45) is 1.67. The summed E-state index contributed by atoms with van der Waals surface area (Å²) in [7, 11) is 1.52. The molecular weight excluding hydrogens is 372 g/mol. The predicted octanol–water partition coefficient (Wildman–Crippen LogP) is 1.91. The van der Waals surface area contributed by atoms with Crippen molar-refractivity contribution in [1.82, 2.24) is 24.1 Å². The quantitative estimate of drug-likeness (QED) is 0.558. The Labute approximate surface area is 165 Å². The Bertz CT molecular complexity index is 1250. The van der Waals surface area contributed by atoms with Gasteiger partial charge in [-0.25, -0.2) is 18.9 Å². The number of hydrogen-bond acceptors (Lipinski definition) is 6. The molecule has 4 aromatic rings. The number of carbonyl (C=O) groups excluding carboxylic acids is 1. The van der Waals surface area contributed by atoms with Crippen molar-refractivity contribution in [3.8, 4) is 17.1 Å². The second-order valence-electron chi connectivity index (χ2n) is 6.29. The minimum atomic E-state index is -0.437. The summed E-state index contributed by atoms with van der Waals surface area (Å²) in [5.74, 6) is 0.600. The standard InChI is InChI=1S/C20H18N6O3/c1-13-22-16(14-7-5-6-10-21-14)11-18-24-25(20(28)26(13)18)12-19(27)23-15-8-3-4-9-17(15)29-2/h3-11H,12H2,1-2H3,(H,23,27). The van der Waals surface area contributed by atoms with Gasteiger partial charge in [0.05, 0.1) is 24.2 Å². The first-order chi connectivity index (χ1) is 14.1. The third-order valence-electron chi connectivity index (χ3n) is 4.34. The number of methoxy groups -OCH3 is 1. The summed E-state index contributed by atoms with van der Waals surface area (Å²) in [5.41, 5.74) is 1.76. The van der Waals surface area contributed by atoms with E-state index in [1.54, 1.807) is 43.5 Å². The van der Waals surface area contributed by atoms with Crippen LogP contribution in [0.1, 0.15) is 5.82 Å². The highest BCUT2D eigenvalue weighted by molar-refractivity contribution is 5.92. The van der Waals surface area contributed by atoms with Gasteiger partial charge in [0.15, 0.2) is 5.65 Å². The number of aromatic nitrogens is 5. The second-order valence-corrected chi connectivity index (χ2v) is 6.29. The van der Waals surface area contributed by atoms with Crippen LogP contribution in [0.5, 0.6) is 5.75 Å². The first-order valence-corrected chi connectivity index (χ1v) is 8.88. The van der Waals surface area contributed by atoms with E-state index in [2.05, 4.69) is 20.4 Å². The Morgan fingerprint density at radius 1 is 1.14 bits per heavy atom. The van der Waals surface area contributed by atoms with Gasteiger partial charge in [0.25, 0.3) is 0 Å². The molecule has 0 radical (unpaired) electrons. The molecule has 0 spiro atoms. The summed E-state index contributed by atoms with van der Waals surface area (Å²) in [6.45, 7) is 1.47. The van der Waals surface area contributed by atoms with Gasteiger partial charge in [-0.3, -0.25) is 9.78 Å². The highest BCUT2D eigenvalue weighted by atomic mass is 16.5. The summed E-state index contributed by atoms with van der Waals surface area (Å²) in [6, 6.07) is 14.2. The minimum Gasteiger partial charge on any atom is -0.495 e. The Kier molecular flexibility index (Phi) is 4.78. The zero-order valence-corrected chi connectivity index (χ0v) is 15.9. The van der Waals surface area contributed by atoms with Crippen molar-refractivity contribution in [2.24, 2.45) is 0 Å². The SMILES string of the molecule is COc1ccccc1NC(=O)Cn1nc2cc(-c3ccccn3)nc(C)n2c1=O. The predicted molar refractivity (Wildman–Crippen MR) is 107 cm³/mol. The number of amides is 1. The third kappa shape index (κ3) is 3.57. The molecule has 9 heteroatoms. The van der Waals surface area contributed by atoms with E-state index in [4.69, 9.17) is 4.74 Å². The van der Waals surface area contributed by atoms with E-state index >= 15 is 0 Å². The maximum Gasteiger partial charge on any atom is 0.352 e. The molecule has 3 aromatic heterocycles. The summed E-state index contributed by atoms with van der Waals surface area (Å²) >= 11 is 0. The highest BCUT2D eigenvalue weighted by Crippen LogP contribution is 2.23. The topological polar surface area (TPSA) is 103 Å². The third-order valence-corrected chi connectivity index (χ3v) is 4.34. The smallest absolute Gasteiger partial charge is 0.352 e. The van der Waals surface area contributed by atoms with Crippen LogP contribution in [0.2, 0.25) is 0 Å². The van der Waals surface area contributed by atoms with E-state index in [1.165, 1.54) is 11.5 Å². The number of aryl methyl sites for hydroxylation is 1. The number of fused-ring (bicyclic) bond motifs is 1. The molecule has 0 aliphatic heterocycles. The lowest BCUT2D eigenvalue weighted by molar-refractivity contribution is -0.117. The number of ether oxygens (including phenoxy) is 1. The normalized spacial score (nSPS) is 10.8. The molecule has 1 amide bonds. The molecule has 0 aliphatic rings. The number of benzene rings is 1. The van der Waals surface area contributed by atoms with Crippen LogP contribution < -0.4 is 15.7 Å². The molecule has 146 valence electrons. The lowest BCUT2D eigenvalue weighted by atomic mass is 10.2.